The largest absolute Gasteiger partial charge is 0.319 e. The summed E-state index contributed by atoms with van der Waals surface area (Å²) in [5, 5.41) is 11.7. The Kier molecular flexibility index (Phi) is 3.75. The number of rotatable bonds is 4. The number of nitrogens with two attached hydrogens (primary N) is 1. The molecule has 3 N–H and O–H groups in total. The van der Waals surface area contributed by atoms with Gasteiger partial charge in [0, 0.05) is 5.25 Å². The van der Waals surface area contributed by atoms with Gasteiger partial charge in [0.05, 0.1) is 4.92 Å². The maximum Gasteiger partial charge on any atom is 0.319 e. The molecule has 0 radical (unpaired) electrons. The van der Waals surface area contributed by atoms with Crippen molar-refractivity contribution in [3.05, 3.63) is 16.3 Å². The van der Waals surface area contributed by atoms with Crippen LogP contribution in [-0.4, -0.2) is 20.1 Å². The molecule has 1 aliphatic carbocycles. The highest BCUT2D eigenvalue weighted by atomic mass is 32.2. The van der Waals surface area contributed by atoms with Gasteiger partial charge in [0.15, 0.2) is 5.03 Å². The average Bonchev–Trinajstić information content (AvgIpc) is 2.81. The number of nitrogens with zero attached hydrogens (tertiary/aromatic N) is 3. The van der Waals surface area contributed by atoms with E-state index in [1.54, 1.807) is 0 Å². The van der Waals surface area contributed by atoms with Crippen molar-refractivity contribution in [3.63, 3.8) is 0 Å². The van der Waals surface area contributed by atoms with Gasteiger partial charge in [-0.3, -0.25) is 15.5 Å². The standard InChI is InChI=1S/C9H13N5O2S/c10-13-9-11-5-7(14(15)16)8(12-9)17-6-3-1-2-4-6/h5-6H,1-4,10H2,(H,11,12,13). The van der Waals surface area contributed by atoms with Crippen LogP contribution in [0.15, 0.2) is 11.2 Å². The molecule has 1 aromatic heterocycles. The molecule has 1 heterocycles. The lowest BCUT2D eigenvalue weighted by molar-refractivity contribution is -0.388. The Morgan fingerprint density at radius 3 is 2.82 bits per heavy atom. The Balaban J connectivity index is 2.24. The molecule has 1 saturated carbocycles. The molecule has 1 fully saturated rings. The van der Waals surface area contributed by atoms with E-state index in [0.29, 0.717) is 10.3 Å². The van der Waals surface area contributed by atoms with Crippen molar-refractivity contribution in [2.75, 3.05) is 5.43 Å². The molecular formula is C9H13N5O2S. The van der Waals surface area contributed by atoms with Crippen molar-refractivity contribution >= 4 is 23.4 Å². The fraction of sp³-hybridized carbons (Fsp3) is 0.556. The Bertz CT molecular complexity index is 422. The van der Waals surface area contributed by atoms with E-state index >= 15 is 0 Å². The molecule has 1 aromatic rings. The summed E-state index contributed by atoms with van der Waals surface area (Å²) in [5.74, 6) is 5.40. The summed E-state index contributed by atoms with van der Waals surface area (Å²) in [6, 6.07) is 0. The third-order valence-electron chi connectivity index (χ3n) is 2.64. The van der Waals surface area contributed by atoms with Crippen LogP contribution in [0.4, 0.5) is 11.6 Å². The van der Waals surface area contributed by atoms with Gasteiger partial charge in [0.25, 0.3) is 0 Å². The second kappa shape index (κ2) is 5.28. The van der Waals surface area contributed by atoms with Gasteiger partial charge in [-0.25, -0.2) is 10.8 Å². The Morgan fingerprint density at radius 1 is 1.53 bits per heavy atom. The summed E-state index contributed by atoms with van der Waals surface area (Å²) < 4.78 is 0. The fourth-order valence-corrected chi connectivity index (χ4v) is 3.08. The second-order valence-corrected chi connectivity index (χ2v) is 5.10. The van der Waals surface area contributed by atoms with Gasteiger partial charge in [-0.2, -0.15) is 4.98 Å². The first kappa shape index (κ1) is 12.1. The molecule has 2 rings (SSSR count). The summed E-state index contributed by atoms with van der Waals surface area (Å²) in [5.41, 5.74) is 2.25. The lowest BCUT2D eigenvalue weighted by Gasteiger charge is -2.08. The Labute approximate surface area is 102 Å². The minimum atomic E-state index is -0.461. The lowest BCUT2D eigenvalue weighted by Crippen LogP contribution is -2.11. The molecule has 7 nitrogen and oxygen atoms in total. The van der Waals surface area contributed by atoms with Crippen LogP contribution >= 0.6 is 11.8 Å². The number of aromatic nitrogens is 2. The van der Waals surface area contributed by atoms with Crippen LogP contribution in [0.1, 0.15) is 25.7 Å². The van der Waals surface area contributed by atoms with Crippen molar-refractivity contribution in [3.8, 4) is 0 Å². The zero-order valence-electron chi connectivity index (χ0n) is 9.13. The number of hydrogen-bond acceptors (Lipinski definition) is 7. The summed E-state index contributed by atoms with van der Waals surface area (Å²) in [6.07, 6.45) is 5.71. The van der Waals surface area contributed by atoms with Crippen LogP contribution in [0.2, 0.25) is 0 Å². The van der Waals surface area contributed by atoms with Crippen LogP contribution in [0.25, 0.3) is 0 Å². The predicted molar refractivity (Wildman–Crippen MR) is 64.6 cm³/mol. The van der Waals surface area contributed by atoms with Gasteiger partial charge in [-0.05, 0) is 12.8 Å². The molecule has 1 aliphatic rings. The zero-order valence-corrected chi connectivity index (χ0v) is 9.94. The van der Waals surface area contributed by atoms with E-state index in [1.165, 1.54) is 30.8 Å². The smallest absolute Gasteiger partial charge is 0.292 e. The molecule has 0 amide bonds. The quantitative estimate of drug-likeness (QED) is 0.365. The molecule has 92 valence electrons. The molecule has 0 unspecified atom stereocenters. The van der Waals surface area contributed by atoms with Crippen molar-refractivity contribution in [2.24, 2.45) is 5.84 Å². The van der Waals surface area contributed by atoms with Gasteiger partial charge < -0.3 is 0 Å². The number of hydrazine groups is 1. The molecule has 17 heavy (non-hydrogen) atoms. The van der Waals surface area contributed by atoms with Gasteiger partial charge in [0.2, 0.25) is 5.95 Å². The maximum atomic E-state index is 10.9. The lowest BCUT2D eigenvalue weighted by atomic mass is 10.4. The molecule has 0 spiro atoms. The summed E-state index contributed by atoms with van der Waals surface area (Å²) in [6.45, 7) is 0. The number of anilines is 1. The van der Waals surface area contributed by atoms with Crippen molar-refractivity contribution < 1.29 is 4.92 Å². The van der Waals surface area contributed by atoms with E-state index in [2.05, 4.69) is 15.4 Å². The number of nitrogen functional groups attached to an aromatic ring is 1. The van der Waals surface area contributed by atoms with E-state index in [1.807, 2.05) is 0 Å². The summed E-state index contributed by atoms with van der Waals surface area (Å²) in [4.78, 5) is 18.2. The monoisotopic (exact) mass is 255 g/mol. The molecule has 0 aliphatic heterocycles. The first-order valence-electron chi connectivity index (χ1n) is 5.35. The highest BCUT2D eigenvalue weighted by Gasteiger charge is 2.23. The Hall–Kier alpha value is -1.41. The molecule has 0 bridgehead atoms. The number of hydrogen-bond donors (Lipinski definition) is 2. The highest BCUT2D eigenvalue weighted by molar-refractivity contribution is 8.00. The molecule has 0 saturated heterocycles. The second-order valence-electron chi connectivity index (χ2n) is 3.81. The fourth-order valence-electron chi connectivity index (χ4n) is 1.81. The van der Waals surface area contributed by atoms with Gasteiger partial charge in [0.1, 0.15) is 6.20 Å². The van der Waals surface area contributed by atoms with Gasteiger partial charge in [-0.15, -0.1) is 0 Å². The first-order chi connectivity index (χ1) is 8.20. The molecular weight excluding hydrogens is 242 g/mol. The van der Waals surface area contributed by atoms with E-state index < -0.39 is 4.92 Å². The highest BCUT2D eigenvalue weighted by Crippen LogP contribution is 2.37. The normalized spacial score (nSPS) is 16.1. The zero-order chi connectivity index (χ0) is 12.3. The molecule has 0 atom stereocenters. The third-order valence-corrected chi connectivity index (χ3v) is 3.97. The minimum Gasteiger partial charge on any atom is -0.292 e. The van der Waals surface area contributed by atoms with E-state index in [-0.39, 0.29) is 11.6 Å². The third kappa shape index (κ3) is 2.83. The van der Waals surface area contributed by atoms with Gasteiger partial charge >= 0.3 is 5.69 Å². The van der Waals surface area contributed by atoms with E-state index in [9.17, 15) is 10.1 Å². The van der Waals surface area contributed by atoms with Crippen LogP contribution < -0.4 is 11.3 Å². The SMILES string of the molecule is NNc1ncc([N+](=O)[O-])c(SC2CCCC2)n1. The van der Waals surface area contributed by atoms with Gasteiger partial charge in [-0.1, -0.05) is 24.6 Å². The van der Waals surface area contributed by atoms with Crippen LogP contribution in [0.3, 0.4) is 0 Å². The topological polar surface area (TPSA) is 107 Å². The number of nitro groups is 1. The van der Waals surface area contributed by atoms with Crippen LogP contribution in [0, 0.1) is 10.1 Å². The van der Waals surface area contributed by atoms with E-state index in [4.69, 9.17) is 5.84 Å². The molecule has 0 aromatic carbocycles. The predicted octanol–water partition coefficient (Wildman–Crippen LogP) is 1.71. The van der Waals surface area contributed by atoms with Crippen LogP contribution in [0.5, 0.6) is 0 Å². The first-order valence-corrected chi connectivity index (χ1v) is 6.23. The van der Waals surface area contributed by atoms with E-state index in [0.717, 1.165) is 12.8 Å². The van der Waals surface area contributed by atoms with Crippen LogP contribution in [-0.2, 0) is 0 Å². The summed E-state index contributed by atoms with van der Waals surface area (Å²) in [7, 11) is 0. The van der Waals surface area contributed by atoms with Crippen molar-refractivity contribution in [2.45, 2.75) is 36.0 Å². The van der Waals surface area contributed by atoms with Crippen molar-refractivity contribution in [1.82, 2.24) is 9.97 Å². The van der Waals surface area contributed by atoms with Crippen molar-refractivity contribution in [1.29, 1.82) is 0 Å². The number of thioether (sulfide) groups is 1. The summed E-state index contributed by atoms with van der Waals surface area (Å²) >= 11 is 1.45. The average molecular weight is 255 g/mol. The minimum absolute atomic E-state index is 0.0547. The molecule has 8 heteroatoms. The Morgan fingerprint density at radius 2 is 2.24 bits per heavy atom. The number of nitrogens with one attached hydrogen (secondary N) is 1. The maximum absolute atomic E-state index is 10.9.